The lowest BCUT2D eigenvalue weighted by atomic mass is 9.76. The highest BCUT2D eigenvalue weighted by Gasteiger charge is 2.36. The van der Waals surface area contributed by atoms with E-state index >= 15 is 0 Å². The highest BCUT2D eigenvalue weighted by Crippen LogP contribution is 2.36. The second-order valence-electron chi connectivity index (χ2n) is 3.92. The van der Waals surface area contributed by atoms with E-state index < -0.39 is 0 Å². The van der Waals surface area contributed by atoms with Gasteiger partial charge in [-0.15, -0.1) is 0 Å². The van der Waals surface area contributed by atoms with E-state index in [-0.39, 0.29) is 11.4 Å². The van der Waals surface area contributed by atoms with Crippen LogP contribution in [0.1, 0.15) is 59.3 Å². The van der Waals surface area contributed by atoms with Gasteiger partial charge >= 0.3 is 10.5 Å². The fourth-order valence-electron chi connectivity index (χ4n) is 2.23. The SMILES string of the molecule is CCCC(CCC)(CCC)C(=O)O[Si]. The standard InChI is InChI=1S/C11H21O2Si/c1-4-7-11(8-5-2,9-6-3)10(12)13-14/h4-9H2,1-3H3. The minimum Gasteiger partial charge on any atom is -0.516 e. The van der Waals surface area contributed by atoms with Crippen molar-refractivity contribution in [1.82, 2.24) is 0 Å². The Balaban J connectivity index is 4.62. The second kappa shape index (κ2) is 7.04. The first-order valence-electron chi connectivity index (χ1n) is 5.54. The van der Waals surface area contributed by atoms with Crippen LogP contribution in [0.5, 0.6) is 0 Å². The smallest absolute Gasteiger partial charge is 0.345 e. The van der Waals surface area contributed by atoms with Crippen LogP contribution in [0.2, 0.25) is 0 Å². The van der Waals surface area contributed by atoms with Gasteiger partial charge in [0.2, 0.25) is 0 Å². The summed E-state index contributed by atoms with van der Waals surface area (Å²) in [5.74, 6) is -0.0975. The zero-order valence-electron chi connectivity index (χ0n) is 9.56. The minimum atomic E-state index is -0.250. The molecule has 14 heavy (non-hydrogen) atoms. The van der Waals surface area contributed by atoms with Gasteiger partial charge in [0.05, 0.1) is 5.41 Å². The molecule has 0 aliphatic carbocycles. The van der Waals surface area contributed by atoms with Gasteiger partial charge in [-0.3, -0.25) is 4.79 Å². The van der Waals surface area contributed by atoms with Crippen LogP contribution in [-0.2, 0) is 9.22 Å². The molecule has 0 unspecified atom stereocenters. The van der Waals surface area contributed by atoms with Crippen LogP contribution < -0.4 is 0 Å². The van der Waals surface area contributed by atoms with Crippen molar-refractivity contribution in [3.8, 4) is 0 Å². The van der Waals surface area contributed by atoms with Crippen molar-refractivity contribution in [2.75, 3.05) is 0 Å². The van der Waals surface area contributed by atoms with E-state index in [0.717, 1.165) is 38.5 Å². The topological polar surface area (TPSA) is 26.3 Å². The summed E-state index contributed by atoms with van der Waals surface area (Å²) >= 11 is 0. The maximum atomic E-state index is 11.7. The quantitative estimate of drug-likeness (QED) is 0.608. The zero-order chi connectivity index (χ0) is 11.0. The molecule has 0 N–H and O–H groups in total. The molecule has 0 saturated carbocycles. The predicted molar refractivity (Wildman–Crippen MR) is 59.0 cm³/mol. The largest absolute Gasteiger partial charge is 0.516 e. The van der Waals surface area contributed by atoms with E-state index in [4.69, 9.17) is 4.43 Å². The van der Waals surface area contributed by atoms with Crippen LogP contribution in [0.15, 0.2) is 0 Å². The van der Waals surface area contributed by atoms with E-state index in [1.807, 2.05) is 0 Å². The monoisotopic (exact) mass is 213 g/mol. The van der Waals surface area contributed by atoms with E-state index in [9.17, 15) is 4.79 Å². The molecule has 0 aliphatic rings. The summed E-state index contributed by atoms with van der Waals surface area (Å²) in [6, 6.07) is 0. The van der Waals surface area contributed by atoms with Gasteiger partial charge in [-0.25, -0.2) is 0 Å². The lowest BCUT2D eigenvalue weighted by Gasteiger charge is -2.30. The molecule has 0 aromatic heterocycles. The molecule has 0 fully saturated rings. The van der Waals surface area contributed by atoms with Crippen LogP contribution in [0, 0.1) is 5.41 Å². The van der Waals surface area contributed by atoms with Crippen molar-refractivity contribution >= 4 is 16.5 Å². The third kappa shape index (κ3) is 3.44. The molecule has 0 aromatic carbocycles. The van der Waals surface area contributed by atoms with Gasteiger partial charge in [-0.05, 0) is 19.3 Å². The summed E-state index contributed by atoms with van der Waals surface area (Å²) in [5.41, 5.74) is -0.250. The van der Waals surface area contributed by atoms with Gasteiger partial charge < -0.3 is 4.43 Å². The third-order valence-electron chi connectivity index (χ3n) is 2.71. The van der Waals surface area contributed by atoms with Gasteiger partial charge in [0.25, 0.3) is 5.97 Å². The molecule has 0 heterocycles. The number of hydrogen-bond acceptors (Lipinski definition) is 2. The Labute approximate surface area is 91.0 Å². The average molecular weight is 213 g/mol. The second-order valence-corrected chi connectivity index (χ2v) is 4.12. The lowest BCUT2D eigenvalue weighted by Crippen LogP contribution is -2.32. The number of hydrogen-bond donors (Lipinski definition) is 0. The summed E-state index contributed by atoms with van der Waals surface area (Å²) in [4.78, 5) is 11.7. The van der Waals surface area contributed by atoms with Crippen molar-refractivity contribution in [3.05, 3.63) is 0 Å². The Hall–Kier alpha value is -0.313. The molecular weight excluding hydrogens is 192 g/mol. The van der Waals surface area contributed by atoms with Crippen molar-refractivity contribution < 1.29 is 9.22 Å². The maximum absolute atomic E-state index is 11.7. The number of carbonyl (C=O) groups is 1. The number of rotatable bonds is 7. The van der Waals surface area contributed by atoms with Crippen molar-refractivity contribution in [1.29, 1.82) is 0 Å². The van der Waals surface area contributed by atoms with Crippen molar-refractivity contribution in [2.24, 2.45) is 5.41 Å². The minimum absolute atomic E-state index is 0.0975. The zero-order valence-corrected chi connectivity index (χ0v) is 10.6. The van der Waals surface area contributed by atoms with E-state index in [1.54, 1.807) is 0 Å². The molecule has 3 heteroatoms. The van der Waals surface area contributed by atoms with Crippen LogP contribution in [0.3, 0.4) is 0 Å². The fourth-order valence-corrected chi connectivity index (χ4v) is 2.44. The van der Waals surface area contributed by atoms with E-state index in [0.29, 0.717) is 0 Å². The van der Waals surface area contributed by atoms with Gasteiger partial charge in [0.1, 0.15) is 0 Å². The molecule has 0 aromatic rings. The van der Waals surface area contributed by atoms with Crippen molar-refractivity contribution in [3.63, 3.8) is 0 Å². The molecule has 0 aliphatic heterocycles. The van der Waals surface area contributed by atoms with E-state index in [1.165, 1.54) is 0 Å². The molecule has 0 bridgehead atoms. The Morgan fingerprint density at radius 2 is 1.43 bits per heavy atom. The molecule has 81 valence electrons. The molecule has 0 spiro atoms. The summed E-state index contributed by atoms with van der Waals surface area (Å²) in [6.45, 7) is 6.34. The highest BCUT2D eigenvalue weighted by atomic mass is 28.2. The molecule has 0 saturated heterocycles. The maximum Gasteiger partial charge on any atom is 0.345 e. The average Bonchev–Trinajstić information content (AvgIpc) is 2.17. The first kappa shape index (κ1) is 13.7. The summed E-state index contributed by atoms with van der Waals surface area (Å²) < 4.78 is 4.74. The van der Waals surface area contributed by atoms with Crippen LogP contribution in [-0.4, -0.2) is 16.5 Å². The summed E-state index contributed by atoms with van der Waals surface area (Å²) in [7, 11) is 2.86. The Bertz CT molecular complexity index is 152. The van der Waals surface area contributed by atoms with Crippen molar-refractivity contribution in [2.45, 2.75) is 59.3 Å². The third-order valence-corrected chi connectivity index (χ3v) is 2.90. The predicted octanol–water partition coefficient (Wildman–Crippen LogP) is 3.00. The van der Waals surface area contributed by atoms with Crippen LogP contribution >= 0.6 is 0 Å². The Kier molecular flexibility index (Phi) is 6.88. The molecule has 0 rings (SSSR count). The molecule has 0 amide bonds. The molecule has 0 atom stereocenters. The Morgan fingerprint density at radius 1 is 1.07 bits per heavy atom. The molecule has 2 nitrogen and oxygen atoms in total. The summed E-state index contributed by atoms with van der Waals surface area (Å²) in [6.07, 6.45) is 5.87. The van der Waals surface area contributed by atoms with Gasteiger partial charge in [0, 0.05) is 0 Å². The Morgan fingerprint density at radius 3 is 1.64 bits per heavy atom. The summed E-state index contributed by atoms with van der Waals surface area (Å²) in [5, 5.41) is 0. The fraction of sp³-hybridized carbons (Fsp3) is 0.909. The van der Waals surface area contributed by atoms with Gasteiger partial charge in [-0.2, -0.15) is 0 Å². The van der Waals surface area contributed by atoms with Crippen LogP contribution in [0.4, 0.5) is 0 Å². The molecule has 3 radical (unpaired) electrons. The van der Waals surface area contributed by atoms with Gasteiger partial charge in [0.15, 0.2) is 0 Å². The normalized spacial score (nSPS) is 11.4. The lowest BCUT2D eigenvalue weighted by molar-refractivity contribution is -0.147. The first-order valence-corrected chi connectivity index (χ1v) is 5.95. The van der Waals surface area contributed by atoms with E-state index in [2.05, 4.69) is 31.3 Å². The van der Waals surface area contributed by atoms with Gasteiger partial charge in [-0.1, -0.05) is 40.0 Å². The first-order chi connectivity index (χ1) is 6.66. The highest BCUT2D eigenvalue weighted by molar-refractivity contribution is 6.06. The number of carbonyl (C=O) groups excluding carboxylic acids is 1. The molecular formula is C11H21O2Si. The van der Waals surface area contributed by atoms with Crippen LogP contribution in [0.25, 0.3) is 0 Å².